The van der Waals surface area contributed by atoms with Gasteiger partial charge >= 0.3 is 0 Å². The standard InChI is InChI=1S/C28H32N2O6/c1-3-33-14-5-13-29(28(32)23-10-7-21(2)8-11-23)19-27(31)30(18-24-6-4-15-34-24)17-22-9-12-25-26(16-22)36-20-35-25/h4,6-12,15-16H,3,5,13-14,17-20H2,1-2H3. The van der Waals surface area contributed by atoms with Gasteiger partial charge in [-0.1, -0.05) is 23.8 Å². The smallest absolute Gasteiger partial charge is 0.254 e. The second kappa shape index (κ2) is 12.3. The first-order valence-corrected chi connectivity index (χ1v) is 12.2. The van der Waals surface area contributed by atoms with E-state index in [1.807, 2.05) is 50.2 Å². The van der Waals surface area contributed by atoms with Crippen molar-refractivity contribution in [3.05, 3.63) is 83.3 Å². The molecule has 0 radical (unpaired) electrons. The Kier molecular flexibility index (Phi) is 8.62. The van der Waals surface area contributed by atoms with Crippen LogP contribution in [0.2, 0.25) is 0 Å². The fourth-order valence-corrected chi connectivity index (χ4v) is 3.98. The third kappa shape index (κ3) is 6.66. The summed E-state index contributed by atoms with van der Waals surface area (Å²) in [7, 11) is 0. The fourth-order valence-electron chi connectivity index (χ4n) is 3.98. The van der Waals surface area contributed by atoms with Crippen molar-refractivity contribution in [2.75, 3.05) is 33.1 Å². The van der Waals surface area contributed by atoms with Gasteiger partial charge in [0.2, 0.25) is 12.7 Å². The van der Waals surface area contributed by atoms with Gasteiger partial charge in [0, 0.05) is 31.9 Å². The second-order valence-corrected chi connectivity index (χ2v) is 8.66. The highest BCUT2D eigenvalue weighted by atomic mass is 16.7. The molecule has 0 atom stereocenters. The molecule has 36 heavy (non-hydrogen) atoms. The molecule has 0 saturated heterocycles. The van der Waals surface area contributed by atoms with Crippen molar-refractivity contribution in [3.8, 4) is 11.5 Å². The summed E-state index contributed by atoms with van der Waals surface area (Å²) >= 11 is 0. The molecule has 2 aromatic carbocycles. The van der Waals surface area contributed by atoms with Crippen molar-refractivity contribution < 1.29 is 28.2 Å². The molecule has 0 aliphatic carbocycles. The zero-order valence-corrected chi connectivity index (χ0v) is 20.8. The van der Waals surface area contributed by atoms with E-state index in [4.69, 9.17) is 18.6 Å². The van der Waals surface area contributed by atoms with Crippen LogP contribution in [0, 0.1) is 6.92 Å². The van der Waals surface area contributed by atoms with E-state index in [-0.39, 0.29) is 31.7 Å². The van der Waals surface area contributed by atoms with Crippen LogP contribution in [0.1, 0.15) is 40.6 Å². The second-order valence-electron chi connectivity index (χ2n) is 8.66. The normalized spacial score (nSPS) is 11.9. The summed E-state index contributed by atoms with van der Waals surface area (Å²) in [6.45, 7) is 6.20. The molecular weight excluding hydrogens is 460 g/mol. The summed E-state index contributed by atoms with van der Waals surface area (Å²) in [5.41, 5.74) is 2.52. The van der Waals surface area contributed by atoms with E-state index in [0.717, 1.165) is 11.1 Å². The quantitative estimate of drug-likeness (QED) is 0.348. The van der Waals surface area contributed by atoms with Gasteiger partial charge in [0.25, 0.3) is 5.91 Å². The number of carbonyl (C=O) groups is 2. The Morgan fingerprint density at radius 2 is 1.78 bits per heavy atom. The molecule has 2 amide bonds. The number of fused-ring (bicyclic) bond motifs is 1. The van der Waals surface area contributed by atoms with Crippen LogP contribution in [0.5, 0.6) is 11.5 Å². The minimum atomic E-state index is -0.180. The number of furan rings is 1. The molecule has 0 unspecified atom stereocenters. The van der Waals surface area contributed by atoms with Gasteiger partial charge < -0.3 is 28.4 Å². The molecule has 3 aromatic rings. The van der Waals surface area contributed by atoms with Crippen LogP contribution in [0.4, 0.5) is 0 Å². The maximum atomic E-state index is 13.6. The summed E-state index contributed by atoms with van der Waals surface area (Å²) in [6.07, 6.45) is 2.22. The Bertz CT molecular complexity index is 1140. The average molecular weight is 493 g/mol. The molecule has 0 fully saturated rings. The molecule has 4 rings (SSSR count). The summed E-state index contributed by atoms with van der Waals surface area (Å²) in [6, 6.07) is 16.6. The van der Waals surface area contributed by atoms with Crippen LogP contribution in [0.15, 0.2) is 65.3 Å². The number of aryl methyl sites for hydroxylation is 1. The summed E-state index contributed by atoms with van der Waals surface area (Å²) in [4.78, 5) is 30.2. The van der Waals surface area contributed by atoms with Gasteiger partial charge in [-0.25, -0.2) is 0 Å². The third-order valence-electron chi connectivity index (χ3n) is 5.92. The molecule has 0 N–H and O–H groups in total. The van der Waals surface area contributed by atoms with Crippen molar-refractivity contribution in [1.29, 1.82) is 0 Å². The van der Waals surface area contributed by atoms with Gasteiger partial charge in [-0.2, -0.15) is 0 Å². The minimum absolute atomic E-state index is 0.0515. The van der Waals surface area contributed by atoms with Crippen LogP contribution in [0.3, 0.4) is 0 Å². The third-order valence-corrected chi connectivity index (χ3v) is 5.92. The maximum absolute atomic E-state index is 13.6. The lowest BCUT2D eigenvalue weighted by atomic mass is 10.1. The van der Waals surface area contributed by atoms with E-state index in [1.165, 1.54) is 0 Å². The highest BCUT2D eigenvalue weighted by molar-refractivity contribution is 5.96. The lowest BCUT2D eigenvalue weighted by Gasteiger charge is -2.27. The lowest BCUT2D eigenvalue weighted by Crippen LogP contribution is -2.43. The Morgan fingerprint density at radius 1 is 0.972 bits per heavy atom. The van der Waals surface area contributed by atoms with Crippen molar-refractivity contribution in [2.45, 2.75) is 33.4 Å². The molecule has 1 aliphatic heterocycles. The van der Waals surface area contributed by atoms with Gasteiger partial charge in [-0.05, 0) is 62.2 Å². The first kappa shape index (κ1) is 25.3. The largest absolute Gasteiger partial charge is 0.467 e. The number of amides is 2. The predicted octanol–water partition coefficient (Wildman–Crippen LogP) is 4.41. The molecule has 1 aromatic heterocycles. The van der Waals surface area contributed by atoms with Crippen LogP contribution in [-0.4, -0.2) is 54.7 Å². The monoisotopic (exact) mass is 492 g/mol. The Balaban J connectivity index is 1.51. The van der Waals surface area contributed by atoms with E-state index in [2.05, 4.69) is 0 Å². The molecule has 0 bridgehead atoms. The highest BCUT2D eigenvalue weighted by Gasteiger charge is 2.24. The Morgan fingerprint density at radius 3 is 2.53 bits per heavy atom. The number of hydrogen-bond donors (Lipinski definition) is 0. The Hall–Kier alpha value is -3.78. The summed E-state index contributed by atoms with van der Waals surface area (Å²) in [5.74, 6) is 1.65. The Labute approximate surface area is 211 Å². The first-order valence-electron chi connectivity index (χ1n) is 12.2. The van der Waals surface area contributed by atoms with E-state index >= 15 is 0 Å². The SMILES string of the molecule is CCOCCCN(CC(=O)N(Cc1ccc2c(c1)OCO2)Cc1ccco1)C(=O)c1ccc(C)cc1. The van der Waals surface area contributed by atoms with E-state index in [1.54, 1.807) is 34.3 Å². The zero-order chi connectivity index (χ0) is 25.3. The van der Waals surface area contributed by atoms with Crippen molar-refractivity contribution >= 4 is 11.8 Å². The molecule has 0 saturated carbocycles. The fraction of sp³-hybridized carbons (Fsp3) is 0.357. The van der Waals surface area contributed by atoms with Gasteiger partial charge in [0.15, 0.2) is 11.5 Å². The van der Waals surface area contributed by atoms with Gasteiger partial charge in [0.1, 0.15) is 12.3 Å². The van der Waals surface area contributed by atoms with Crippen LogP contribution >= 0.6 is 0 Å². The van der Waals surface area contributed by atoms with Crippen molar-refractivity contribution in [3.63, 3.8) is 0 Å². The number of hydrogen-bond acceptors (Lipinski definition) is 6. The average Bonchev–Trinajstić information content (AvgIpc) is 3.57. The molecule has 8 heteroatoms. The van der Waals surface area contributed by atoms with Crippen molar-refractivity contribution in [2.24, 2.45) is 0 Å². The number of benzene rings is 2. The van der Waals surface area contributed by atoms with Crippen LogP contribution in [0.25, 0.3) is 0 Å². The molecule has 0 spiro atoms. The lowest BCUT2D eigenvalue weighted by molar-refractivity contribution is -0.133. The van der Waals surface area contributed by atoms with Gasteiger partial charge in [-0.15, -0.1) is 0 Å². The predicted molar refractivity (Wildman–Crippen MR) is 134 cm³/mol. The molecule has 190 valence electrons. The molecule has 1 aliphatic rings. The zero-order valence-electron chi connectivity index (χ0n) is 20.8. The number of carbonyl (C=O) groups excluding carboxylic acids is 2. The molecule has 2 heterocycles. The highest BCUT2D eigenvalue weighted by Crippen LogP contribution is 2.33. The maximum Gasteiger partial charge on any atom is 0.254 e. The van der Waals surface area contributed by atoms with E-state index in [9.17, 15) is 9.59 Å². The number of nitrogens with zero attached hydrogens (tertiary/aromatic N) is 2. The molecular formula is C28H32N2O6. The van der Waals surface area contributed by atoms with Gasteiger partial charge in [-0.3, -0.25) is 9.59 Å². The number of rotatable bonds is 12. The first-order chi connectivity index (χ1) is 17.5. The summed E-state index contributed by atoms with van der Waals surface area (Å²) in [5, 5.41) is 0. The topological polar surface area (TPSA) is 81.5 Å². The van der Waals surface area contributed by atoms with E-state index < -0.39 is 0 Å². The van der Waals surface area contributed by atoms with Crippen molar-refractivity contribution in [1.82, 2.24) is 9.80 Å². The summed E-state index contributed by atoms with van der Waals surface area (Å²) < 4.78 is 21.9. The molecule has 8 nitrogen and oxygen atoms in total. The van der Waals surface area contributed by atoms with E-state index in [0.29, 0.717) is 55.5 Å². The number of ether oxygens (including phenoxy) is 3. The minimum Gasteiger partial charge on any atom is -0.467 e. The van der Waals surface area contributed by atoms with Crippen LogP contribution in [-0.2, 0) is 22.6 Å². The van der Waals surface area contributed by atoms with Gasteiger partial charge in [0.05, 0.1) is 12.8 Å². The van der Waals surface area contributed by atoms with Crippen LogP contribution < -0.4 is 9.47 Å².